The third-order valence-electron chi connectivity index (χ3n) is 1.81. The van der Waals surface area contributed by atoms with Gasteiger partial charge in [-0.25, -0.2) is 18.1 Å². The van der Waals surface area contributed by atoms with Gasteiger partial charge in [0.1, 0.15) is 5.01 Å². The molecule has 0 aliphatic heterocycles. The summed E-state index contributed by atoms with van der Waals surface area (Å²) in [6.07, 6.45) is 0. The van der Waals surface area contributed by atoms with Crippen LogP contribution >= 0.6 is 11.3 Å². The summed E-state index contributed by atoms with van der Waals surface area (Å²) in [4.78, 5) is 4.30. The smallest absolute Gasteiger partial charge is 0.233 e. The lowest BCUT2D eigenvalue weighted by molar-refractivity contribution is 0.590. The van der Waals surface area contributed by atoms with E-state index in [0.717, 1.165) is 16.1 Å². The standard InChI is InChI=1S/C9H14N2O2S2/c1-4-15(12,13)10-5-9-11-8(6-14-9)7(2)3/h4,6-7,10H,1,5H2,2-3H3. The van der Waals surface area contributed by atoms with Gasteiger partial charge in [-0.2, -0.15) is 0 Å². The van der Waals surface area contributed by atoms with Crippen LogP contribution in [0.2, 0.25) is 0 Å². The Morgan fingerprint density at radius 2 is 2.33 bits per heavy atom. The third-order valence-corrected chi connectivity index (χ3v) is 3.66. The van der Waals surface area contributed by atoms with Crippen molar-refractivity contribution >= 4 is 21.4 Å². The minimum atomic E-state index is -3.35. The zero-order valence-electron chi connectivity index (χ0n) is 8.73. The molecule has 0 saturated heterocycles. The summed E-state index contributed by atoms with van der Waals surface area (Å²) in [6, 6.07) is 0. The number of aromatic nitrogens is 1. The molecule has 0 amide bonds. The van der Waals surface area contributed by atoms with E-state index >= 15 is 0 Å². The average molecular weight is 246 g/mol. The highest BCUT2D eigenvalue weighted by Crippen LogP contribution is 2.17. The number of rotatable bonds is 5. The van der Waals surface area contributed by atoms with Crippen LogP contribution in [0.4, 0.5) is 0 Å². The summed E-state index contributed by atoms with van der Waals surface area (Å²) in [5.41, 5.74) is 0.993. The number of nitrogens with zero attached hydrogens (tertiary/aromatic N) is 1. The molecule has 0 aliphatic rings. The molecule has 0 aliphatic carbocycles. The Hall–Kier alpha value is -0.720. The fourth-order valence-corrected chi connectivity index (χ4v) is 2.34. The minimum absolute atomic E-state index is 0.228. The van der Waals surface area contributed by atoms with E-state index in [9.17, 15) is 8.42 Å². The zero-order valence-corrected chi connectivity index (χ0v) is 10.4. The molecule has 1 aromatic heterocycles. The van der Waals surface area contributed by atoms with Gasteiger partial charge in [0.2, 0.25) is 10.0 Å². The average Bonchev–Trinajstić information content (AvgIpc) is 2.63. The Labute approximate surface area is 94.1 Å². The molecule has 0 saturated carbocycles. The summed E-state index contributed by atoms with van der Waals surface area (Å²) in [5.74, 6) is 0.367. The number of hydrogen-bond acceptors (Lipinski definition) is 4. The van der Waals surface area contributed by atoms with E-state index < -0.39 is 10.0 Å². The van der Waals surface area contributed by atoms with Crippen LogP contribution in [0.15, 0.2) is 17.4 Å². The Morgan fingerprint density at radius 3 is 2.80 bits per heavy atom. The number of nitrogens with one attached hydrogen (secondary N) is 1. The van der Waals surface area contributed by atoms with Gasteiger partial charge in [-0.3, -0.25) is 0 Å². The maximum Gasteiger partial charge on any atom is 0.233 e. The van der Waals surface area contributed by atoms with E-state index in [1.807, 2.05) is 19.2 Å². The molecule has 0 radical (unpaired) electrons. The maximum absolute atomic E-state index is 11.1. The quantitative estimate of drug-likeness (QED) is 0.862. The molecule has 0 unspecified atom stereocenters. The van der Waals surface area contributed by atoms with Crippen LogP contribution in [0.1, 0.15) is 30.5 Å². The van der Waals surface area contributed by atoms with E-state index in [4.69, 9.17) is 0 Å². The molecular weight excluding hydrogens is 232 g/mol. The van der Waals surface area contributed by atoms with Crippen molar-refractivity contribution in [3.63, 3.8) is 0 Å². The van der Waals surface area contributed by atoms with Gasteiger partial charge < -0.3 is 0 Å². The molecular formula is C9H14N2O2S2. The van der Waals surface area contributed by atoms with Crippen molar-refractivity contribution in [1.29, 1.82) is 0 Å². The molecule has 0 bridgehead atoms. The first-order chi connectivity index (χ1) is 6.94. The normalized spacial score (nSPS) is 11.9. The fourth-order valence-electron chi connectivity index (χ4n) is 0.893. The van der Waals surface area contributed by atoms with Crippen molar-refractivity contribution < 1.29 is 8.42 Å². The van der Waals surface area contributed by atoms with Crippen LogP contribution in [0.5, 0.6) is 0 Å². The first-order valence-corrected chi connectivity index (χ1v) is 6.93. The number of hydrogen-bond donors (Lipinski definition) is 1. The van der Waals surface area contributed by atoms with Crippen LogP contribution in [0.3, 0.4) is 0 Å². The third kappa shape index (κ3) is 3.73. The Kier molecular flexibility index (Phi) is 4.01. The summed E-state index contributed by atoms with van der Waals surface area (Å²) in [5, 5.41) is 3.61. The lowest BCUT2D eigenvalue weighted by Crippen LogP contribution is -2.20. The summed E-state index contributed by atoms with van der Waals surface area (Å²) in [6.45, 7) is 7.54. The lowest BCUT2D eigenvalue weighted by atomic mass is 10.2. The molecule has 1 heterocycles. The minimum Gasteiger partial charge on any atom is -0.245 e. The van der Waals surface area contributed by atoms with Crippen LogP contribution in [-0.2, 0) is 16.6 Å². The van der Waals surface area contributed by atoms with E-state index in [-0.39, 0.29) is 6.54 Å². The van der Waals surface area contributed by atoms with Crippen LogP contribution in [0.25, 0.3) is 0 Å². The van der Waals surface area contributed by atoms with Crippen molar-refractivity contribution in [3.8, 4) is 0 Å². The van der Waals surface area contributed by atoms with Crippen LogP contribution in [0, 0.1) is 0 Å². The maximum atomic E-state index is 11.1. The topological polar surface area (TPSA) is 59.1 Å². The van der Waals surface area contributed by atoms with Crippen LogP contribution < -0.4 is 4.72 Å². The summed E-state index contributed by atoms with van der Waals surface area (Å²) < 4.78 is 24.5. The van der Waals surface area contributed by atoms with Gasteiger partial charge in [0.15, 0.2) is 0 Å². The Balaban J connectivity index is 2.63. The van der Waals surface area contributed by atoms with Crippen molar-refractivity contribution in [2.45, 2.75) is 26.3 Å². The van der Waals surface area contributed by atoms with Crippen molar-refractivity contribution in [2.24, 2.45) is 0 Å². The fraction of sp³-hybridized carbons (Fsp3) is 0.444. The van der Waals surface area contributed by atoms with E-state index in [0.29, 0.717) is 5.92 Å². The molecule has 0 aromatic carbocycles. The van der Waals surface area contributed by atoms with Crippen molar-refractivity contribution in [1.82, 2.24) is 9.71 Å². The largest absolute Gasteiger partial charge is 0.245 e. The number of thiazole rings is 1. The van der Waals surface area contributed by atoms with Crippen molar-refractivity contribution in [3.05, 3.63) is 28.1 Å². The van der Waals surface area contributed by atoms with Gasteiger partial charge in [-0.1, -0.05) is 20.4 Å². The van der Waals surface area contributed by atoms with E-state index in [1.54, 1.807) is 0 Å². The second-order valence-electron chi connectivity index (χ2n) is 3.35. The van der Waals surface area contributed by atoms with Crippen LogP contribution in [-0.4, -0.2) is 13.4 Å². The van der Waals surface area contributed by atoms with Gasteiger partial charge in [-0.05, 0) is 5.92 Å². The van der Waals surface area contributed by atoms with E-state index in [2.05, 4.69) is 16.3 Å². The van der Waals surface area contributed by atoms with Gasteiger partial charge >= 0.3 is 0 Å². The number of sulfonamides is 1. The molecule has 84 valence electrons. The predicted molar refractivity (Wildman–Crippen MR) is 62.2 cm³/mol. The first-order valence-electron chi connectivity index (χ1n) is 4.51. The lowest BCUT2D eigenvalue weighted by Gasteiger charge is -1.99. The molecule has 0 spiro atoms. The molecule has 0 atom stereocenters. The summed E-state index contributed by atoms with van der Waals surface area (Å²) in [7, 11) is -3.35. The molecule has 1 rings (SSSR count). The predicted octanol–water partition coefficient (Wildman–Crippen LogP) is 1.83. The molecule has 1 aromatic rings. The van der Waals surface area contributed by atoms with E-state index in [1.165, 1.54) is 11.3 Å². The van der Waals surface area contributed by atoms with Crippen molar-refractivity contribution in [2.75, 3.05) is 0 Å². The highest BCUT2D eigenvalue weighted by Gasteiger charge is 2.08. The Bertz CT molecular complexity index is 435. The van der Waals surface area contributed by atoms with Gasteiger partial charge in [0, 0.05) is 10.8 Å². The molecule has 1 N–H and O–H groups in total. The molecule has 15 heavy (non-hydrogen) atoms. The van der Waals surface area contributed by atoms with Gasteiger partial charge in [0.25, 0.3) is 0 Å². The highest BCUT2D eigenvalue weighted by molar-refractivity contribution is 7.92. The SMILES string of the molecule is C=CS(=O)(=O)NCc1nc(C(C)C)cs1. The summed E-state index contributed by atoms with van der Waals surface area (Å²) >= 11 is 1.46. The second-order valence-corrected chi connectivity index (χ2v) is 6.01. The monoisotopic (exact) mass is 246 g/mol. The van der Waals surface area contributed by atoms with Gasteiger partial charge in [-0.15, -0.1) is 11.3 Å². The first kappa shape index (κ1) is 12.4. The Morgan fingerprint density at radius 1 is 1.67 bits per heavy atom. The molecule has 0 fully saturated rings. The second kappa shape index (κ2) is 4.87. The molecule has 6 heteroatoms. The molecule has 4 nitrogen and oxygen atoms in total. The van der Waals surface area contributed by atoms with Gasteiger partial charge in [0.05, 0.1) is 12.2 Å². The zero-order chi connectivity index (χ0) is 11.5. The highest BCUT2D eigenvalue weighted by atomic mass is 32.2.